The molecular formula is C50H94NO10P. The molecule has 0 aliphatic heterocycles. The van der Waals surface area contributed by atoms with Crippen molar-refractivity contribution in [2.75, 3.05) is 19.8 Å². The first-order valence-corrected chi connectivity index (χ1v) is 26.9. The molecule has 0 aliphatic rings. The molecule has 4 N–H and O–H groups in total. The van der Waals surface area contributed by atoms with Crippen molar-refractivity contribution in [3.05, 3.63) is 24.3 Å². The average molecular weight is 900 g/mol. The molecule has 0 bridgehead atoms. The Balaban J connectivity index is 4.22. The zero-order valence-electron chi connectivity index (χ0n) is 39.7. The number of carboxylic acids is 1. The highest BCUT2D eigenvalue weighted by Gasteiger charge is 2.28. The summed E-state index contributed by atoms with van der Waals surface area (Å²) in [4.78, 5) is 46.1. The molecule has 364 valence electrons. The molecule has 3 unspecified atom stereocenters. The van der Waals surface area contributed by atoms with Gasteiger partial charge in [-0.05, 0) is 64.2 Å². The standard InChI is InChI=1S/C50H94NO10P/c1-3-5-7-9-11-13-15-17-19-20-21-22-23-24-25-26-28-30-32-34-36-38-40-42-49(53)61-46(44-59-62(56,57)60-45-47(51)50(54)55)43-58-48(52)41-39-37-35-33-31-29-27-18-16-14-12-10-8-6-4-2/h18,20-21,27,46-47H,3-17,19,22-26,28-45,51H2,1-2H3,(H,54,55)(H,56,57)/b21-20-,27-18-. The van der Waals surface area contributed by atoms with Crippen molar-refractivity contribution in [2.24, 2.45) is 5.73 Å². The minimum atomic E-state index is -4.72. The summed E-state index contributed by atoms with van der Waals surface area (Å²) in [6.07, 6.45) is 49.6. The van der Waals surface area contributed by atoms with E-state index in [1.165, 1.54) is 148 Å². The fourth-order valence-electron chi connectivity index (χ4n) is 7.17. The molecule has 0 spiro atoms. The molecule has 62 heavy (non-hydrogen) atoms. The normalized spacial score (nSPS) is 13.7. The zero-order valence-corrected chi connectivity index (χ0v) is 40.6. The van der Waals surface area contributed by atoms with Gasteiger partial charge in [0.25, 0.3) is 0 Å². The van der Waals surface area contributed by atoms with Crippen LogP contribution in [0.25, 0.3) is 0 Å². The highest BCUT2D eigenvalue weighted by atomic mass is 31.2. The SMILES string of the molecule is CCCCCCCC/C=C\CCCCCCCC(=O)OCC(COP(=O)(O)OCC(N)C(=O)O)OC(=O)CCCCCCCCCCCCC/C=C\CCCCCCCCCC. The van der Waals surface area contributed by atoms with Crippen molar-refractivity contribution in [3.63, 3.8) is 0 Å². The van der Waals surface area contributed by atoms with Gasteiger partial charge in [-0.3, -0.25) is 23.4 Å². The van der Waals surface area contributed by atoms with Gasteiger partial charge in [-0.1, -0.05) is 192 Å². The van der Waals surface area contributed by atoms with Gasteiger partial charge in [0, 0.05) is 12.8 Å². The van der Waals surface area contributed by atoms with Crippen molar-refractivity contribution < 1.29 is 47.5 Å². The van der Waals surface area contributed by atoms with Crippen LogP contribution in [0.5, 0.6) is 0 Å². The number of phosphoric ester groups is 1. The van der Waals surface area contributed by atoms with E-state index in [1.807, 2.05) is 0 Å². The van der Waals surface area contributed by atoms with Gasteiger partial charge in [0.05, 0.1) is 13.2 Å². The van der Waals surface area contributed by atoms with E-state index in [9.17, 15) is 23.8 Å². The highest BCUT2D eigenvalue weighted by Crippen LogP contribution is 2.43. The third kappa shape index (κ3) is 44.6. The molecule has 0 aliphatic carbocycles. The maximum absolute atomic E-state index is 12.7. The summed E-state index contributed by atoms with van der Waals surface area (Å²) >= 11 is 0. The Labute approximate surface area is 379 Å². The number of phosphoric acid groups is 1. The Morgan fingerprint density at radius 2 is 0.806 bits per heavy atom. The second-order valence-corrected chi connectivity index (χ2v) is 18.8. The molecule has 0 aromatic heterocycles. The van der Waals surface area contributed by atoms with Gasteiger partial charge in [-0.2, -0.15) is 0 Å². The van der Waals surface area contributed by atoms with E-state index in [-0.39, 0.29) is 19.4 Å². The first kappa shape index (κ1) is 60.0. The molecule has 11 nitrogen and oxygen atoms in total. The van der Waals surface area contributed by atoms with Gasteiger partial charge in [0.15, 0.2) is 6.10 Å². The van der Waals surface area contributed by atoms with Gasteiger partial charge in [0.1, 0.15) is 12.6 Å². The lowest BCUT2D eigenvalue weighted by atomic mass is 10.0. The van der Waals surface area contributed by atoms with E-state index >= 15 is 0 Å². The molecule has 12 heteroatoms. The lowest BCUT2D eigenvalue weighted by molar-refractivity contribution is -0.161. The third-order valence-corrected chi connectivity index (χ3v) is 12.1. The number of esters is 2. The number of unbranched alkanes of at least 4 members (excludes halogenated alkanes) is 30. The predicted octanol–water partition coefficient (Wildman–Crippen LogP) is 14.2. The molecule has 0 rings (SSSR count). The quantitative estimate of drug-likeness (QED) is 0.0230. The van der Waals surface area contributed by atoms with Crippen molar-refractivity contribution in [3.8, 4) is 0 Å². The van der Waals surface area contributed by atoms with Gasteiger partial charge in [-0.15, -0.1) is 0 Å². The topological polar surface area (TPSA) is 172 Å². The lowest BCUT2D eigenvalue weighted by Crippen LogP contribution is -2.34. The minimum Gasteiger partial charge on any atom is -0.480 e. The minimum absolute atomic E-state index is 0.161. The third-order valence-electron chi connectivity index (χ3n) is 11.2. The Hall–Kier alpha value is -2.04. The van der Waals surface area contributed by atoms with E-state index in [0.29, 0.717) is 12.8 Å². The summed E-state index contributed by atoms with van der Waals surface area (Å²) in [5.74, 6) is -2.38. The summed E-state index contributed by atoms with van der Waals surface area (Å²) < 4.78 is 32.8. The maximum atomic E-state index is 12.7. The van der Waals surface area contributed by atoms with Crippen LogP contribution in [0, 0.1) is 0 Å². The number of aliphatic carboxylic acids is 1. The number of nitrogens with two attached hydrogens (primary N) is 1. The number of hydrogen-bond donors (Lipinski definition) is 3. The average Bonchev–Trinajstić information content (AvgIpc) is 3.25. The van der Waals surface area contributed by atoms with Crippen molar-refractivity contribution in [1.29, 1.82) is 0 Å². The van der Waals surface area contributed by atoms with Gasteiger partial charge in [0.2, 0.25) is 0 Å². The first-order valence-electron chi connectivity index (χ1n) is 25.4. The van der Waals surface area contributed by atoms with E-state index in [0.717, 1.165) is 57.8 Å². The second-order valence-electron chi connectivity index (χ2n) is 17.3. The molecular weight excluding hydrogens is 806 g/mol. The number of hydrogen-bond acceptors (Lipinski definition) is 9. The largest absolute Gasteiger partial charge is 0.480 e. The van der Waals surface area contributed by atoms with E-state index in [2.05, 4.69) is 42.7 Å². The van der Waals surface area contributed by atoms with E-state index < -0.39 is 51.1 Å². The maximum Gasteiger partial charge on any atom is 0.472 e. The molecule has 0 aromatic carbocycles. The second kappa shape index (κ2) is 45.5. The fraction of sp³-hybridized carbons (Fsp3) is 0.860. The monoisotopic (exact) mass is 900 g/mol. The number of ether oxygens (including phenoxy) is 2. The summed E-state index contributed by atoms with van der Waals surface area (Å²) in [6, 6.07) is -1.52. The molecule has 0 fully saturated rings. The highest BCUT2D eigenvalue weighted by molar-refractivity contribution is 7.47. The van der Waals surface area contributed by atoms with Gasteiger partial charge >= 0.3 is 25.7 Å². The van der Waals surface area contributed by atoms with Crippen LogP contribution >= 0.6 is 7.82 Å². The molecule has 0 amide bonds. The Bertz CT molecular complexity index is 1150. The van der Waals surface area contributed by atoms with Crippen LogP contribution in [0.1, 0.15) is 245 Å². The molecule has 0 saturated carbocycles. The van der Waals surface area contributed by atoms with Crippen LogP contribution in [0.15, 0.2) is 24.3 Å². The molecule has 0 heterocycles. The van der Waals surface area contributed by atoms with Crippen molar-refractivity contribution >= 4 is 25.7 Å². The van der Waals surface area contributed by atoms with Crippen LogP contribution in [0.2, 0.25) is 0 Å². The smallest absolute Gasteiger partial charge is 0.472 e. The van der Waals surface area contributed by atoms with Crippen molar-refractivity contribution in [1.82, 2.24) is 0 Å². The Kier molecular flexibility index (Phi) is 44.0. The number of rotatable bonds is 48. The number of carbonyl (C=O) groups is 3. The fourth-order valence-corrected chi connectivity index (χ4v) is 7.95. The van der Waals surface area contributed by atoms with Gasteiger partial charge in [-0.25, -0.2) is 4.57 Å². The van der Waals surface area contributed by atoms with Gasteiger partial charge < -0.3 is 25.2 Å². The first-order chi connectivity index (χ1) is 30.1. The lowest BCUT2D eigenvalue weighted by Gasteiger charge is -2.20. The molecule has 3 atom stereocenters. The van der Waals surface area contributed by atoms with Crippen LogP contribution in [0.3, 0.4) is 0 Å². The number of carbonyl (C=O) groups excluding carboxylic acids is 2. The number of carboxylic acid groups (broad SMARTS) is 1. The summed E-state index contributed by atoms with van der Waals surface area (Å²) in [6.45, 7) is 2.82. The Morgan fingerprint density at radius 3 is 1.18 bits per heavy atom. The zero-order chi connectivity index (χ0) is 45.6. The summed E-state index contributed by atoms with van der Waals surface area (Å²) in [7, 11) is -4.72. The van der Waals surface area contributed by atoms with E-state index in [1.54, 1.807) is 0 Å². The number of allylic oxidation sites excluding steroid dienone is 4. The van der Waals surface area contributed by atoms with Crippen LogP contribution in [-0.4, -0.2) is 59.9 Å². The van der Waals surface area contributed by atoms with Crippen LogP contribution < -0.4 is 5.73 Å². The molecule has 0 saturated heterocycles. The van der Waals surface area contributed by atoms with E-state index in [4.69, 9.17) is 24.8 Å². The van der Waals surface area contributed by atoms with Crippen LogP contribution in [-0.2, 0) is 37.5 Å². The Morgan fingerprint density at radius 1 is 0.484 bits per heavy atom. The van der Waals surface area contributed by atoms with Crippen molar-refractivity contribution in [2.45, 2.75) is 257 Å². The summed E-state index contributed by atoms with van der Waals surface area (Å²) in [5, 5.41) is 8.91. The molecule has 0 aromatic rings. The predicted molar refractivity (Wildman–Crippen MR) is 254 cm³/mol. The molecule has 0 radical (unpaired) electrons. The van der Waals surface area contributed by atoms with Crippen LogP contribution in [0.4, 0.5) is 0 Å². The summed E-state index contributed by atoms with van der Waals surface area (Å²) in [5.41, 5.74) is 5.35.